The Morgan fingerprint density at radius 2 is 1.61 bits per heavy atom. The molecule has 6 nitrogen and oxygen atoms in total. The molecule has 0 bridgehead atoms. The standard InChI is InChI=1S/C33H34F4N4O2S/c1-3-4-29-30(43-2)20-41(32(39-29)44-22-24-7-15-28(34)16-8-24)21-31(42)40(18-17-38)19-23-5-9-25(10-6-23)26-11-13-27(14-12-26)33(35,36)37/h4-16,20H,3,17-19,21-22,38H2,1-2H3. The van der Waals surface area contributed by atoms with Gasteiger partial charge in [-0.3, -0.25) is 4.79 Å². The Bertz CT molecular complexity index is 1500. The molecule has 0 fully saturated rings. The first kappa shape index (κ1) is 32.8. The summed E-state index contributed by atoms with van der Waals surface area (Å²) in [6.45, 7) is 2.87. The lowest BCUT2D eigenvalue weighted by molar-refractivity contribution is -0.137. The van der Waals surface area contributed by atoms with E-state index in [1.807, 2.05) is 37.3 Å². The number of alkyl halides is 3. The molecule has 0 aliphatic carbocycles. The van der Waals surface area contributed by atoms with Crippen LogP contribution in [-0.4, -0.2) is 47.6 Å². The average molecular weight is 627 g/mol. The van der Waals surface area contributed by atoms with Gasteiger partial charge in [0.15, 0.2) is 10.9 Å². The van der Waals surface area contributed by atoms with Gasteiger partial charge in [0.2, 0.25) is 5.91 Å². The van der Waals surface area contributed by atoms with E-state index in [0.717, 1.165) is 35.2 Å². The molecule has 0 unspecified atom stereocenters. The van der Waals surface area contributed by atoms with Gasteiger partial charge in [0.25, 0.3) is 0 Å². The van der Waals surface area contributed by atoms with Gasteiger partial charge in [-0.2, -0.15) is 13.2 Å². The molecule has 2 N–H and O–H groups in total. The molecule has 1 heterocycles. The van der Waals surface area contributed by atoms with Crippen molar-refractivity contribution in [3.05, 3.63) is 119 Å². The number of allylic oxidation sites excluding steroid dienone is 1. The maximum atomic E-state index is 13.6. The largest absolute Gasteiger partial charge is 0.493 e. The van der Waals surface area contributed by atoms with Gasteiger partial charge in [0.05, 0.1) is 18.9 Å². The summed E-state index contributed by atoms with van der Waals surface area (Å²) in [5.74, 6) is 0.579. The number of methoxy groups -OCH3 is 1. The van der Waals surface area contributed by atoms with E-state index in [1.54, 1.807) is 35.2 Å². The van der Waals surface area contributed by atoms with Gasteiger partial charge in [-0.1, -0.05) is 73.3 Å². The molecule has 44 heavy (non-hydrogen) atoms. The van der Waals surface area contributed by atoms with Gasteiger partial charge in [0.1, 0.15) is 18.1 Å². The number of ether oxygens (including phenoxy) is 1. The number of amides is 1. The van der Waals surface area contributed by atoms with Crippen LogP contribution in [0.1, 0.15) is 30.0 Å². The number of halogens is 4. The second-order valence-electron chi connectivity index (χ2n) is 10.0. The summed E-state index contributed by atoms with van der Waals surface area (Å²) in [6.07, 6.45) is 0.0656. The molecule has 1 amide bonds. The number of thioether (sulfide) groups is 1. The minimum atomic E-state index is -4.39. The maximum Gasteiger partial charge on any atom is 0.416 e. The second-order valence-corrected chi connectivity index (χ2v) is 11.0. The Kier molecular flexibility index (Phi) is 11.2. The van der Waals surface area contributed by atoms with Crippen molar-refractivity contribution in [1.29, 1.82) is 0 Å². The highest BCUT2D eigenvalue weighted by Gasteiger charge is 2.30. The molecular weight excluding hydrogens is 592 g/mol. The summed E-state index contributed by atoms with van der Waals surface area (Å²) >= 11 is 1.43. The zero-order valence-corrected chi connectivity index (χ0v) is 25.3. The number of nitrogens with two attached hydrogens (primary N) is 1. The molecule has 0 saturated carbocycles. The lowest BCUT2D eigenvalue weighted by atomic mass is 10.0. The third kappa shape index (κ3) is 8.73. The fourth-order valence-corrected chi connectivity index (χ4v) is 5.44. The number of amidine groups is 1. The number of hydrogen-bond donors (Lipinski definition) is 1. The minimum absolute atomic E-state index is 0.00878. The lowest BCUT2D eigenvalue weighted by Crippen LogP contribution is -2.42. The number of benzene rings is 3. The molecule has 1 aliphatic rings. The molecule has 3 aromatic rings. The summed E-state index contributed by atoms with van der Waals surface area (Å²) < 4.78 is 57.7. The van der Waals surface area contributed by atoms with E-state index < -0.39 is 11.7 Å². The van der Waals surface area contributed by atoms with Crippen LogP contribution >= 0.6 is 11.8 Å². The van der Waals surface area contributed by atoms with E-state index in [0.29, 0.717) is 41.0 Å². The number of hydrogen-bond acceptors (Lipinski definition) is 6. The molecule has 0 saturated heterocycles. The summed E-state index contributed by atoms with van der Waals surface area (Å²) in [5, 5.41) is 0.608. The first-order valence-electron chi connectivity index (χ1n) is 14.0. The SMILES string of the molecule is CCC=C1N=C(SCc2ccc(F)cc2)N(CC(=O)N(CCN)Cc2ccc(-c3ccc(C(F)(F)F)cc3)cc2)C=C1OC. The van der Waals surface area contributed by atoms with Crippen LogP contribution in [0.15, 0.2) is 102 Å². The number of aliphatic imine (C=N–C) groups is 1. The molecule has 0 aromatic heterocycles. The first-order chi connectivity index (χ1) is 21.1. The van der Waals surface area contributed by atoms with Gasteiger partial charge in [-0.15, -0.1) is 0 Å². The Morgan fingerprint density at radius 3 is 2.18 bits per heavy atom. The number of carbonyl (C=O) groups is 1. The normalized spacial score (nSPS) is 14.3. The van der Waals surface area contributed by atoms with Gasteiger partial charge in [-0.05, 0) is 52.9 Å². The van der Waals surface area contributed by atoms with Crippen LogP contribution in [0, 0.1) is 5.82 Å². The summed E-state index contributed by atoms with van der Waals surface area (Å²) in [5.41, 5.74) is 9.02. The highest BCUT2D eigenvalue weighted by molar-refractivity contribution is 8.13. The van der Waals surface area contributed by atoms with E-state index in [4.69, 9.17) is 15.5 Å². The van der Waals surface area contributed by atoms with Crippen LogP contribution in [-0.2, 0) is 28.0 Å². The number of carbonyl (C=O) groups excluding carboxylic acids is 1. The van der Waals surface area contributed by atoms with Crippen molar-refractivity contribution in [1.82, 2.24) is 9.80 Å². The fourth-order valence-electron chi connectivity index (χ4n) is 4.51. The summed E-state index contributed by atoms with van der Waals surface area (Å²) in [7, 11) is 1.55. The maximum absolute atomic E-state index is 13.6. The fraction of sp³-hybridized carbons (Fsp3) is 0.273. The predicted octanol–water partition coefficient (Wildman–Crippen LogP) is 7.19. The lowest BCUT2D eigenvalue weighted by Gasteiger charge is -2.30. The highest BCUT2D eigenvalue weighted by Crippen LogP contribution is 2.31. The Labute approximate surface area is 258 Å². The number of rotatable bonds is 11. The predicted molar refractivity (Wildman–Crippen MR) is 167 cm³/mol. The topological polar surface area (TPSA) is 71.2 Å². The van der Waals surface area contributed by atoms with E-state index in [1.165, 1.54) is 36.0 Å². The first-order valence-corrected chi connectivity index (χ1v) is 15.0. The van der Waals surface area contributed by atoms with E-state index in [-0.39, 0.29) is 24.8 Å². The Hall–Kier alpha value is -4.09. The second kappa shape index (κ2) is 15.1. The van der Waals surface area contributed by atoms with Crippen LogP contribution < -0.4 is 5.73 Å². The van der Waals surface area contributed by atoms with Crippen molar-refractivity contribution in [3.8, 4) is 11.1 Å². The molecule has 0 spiro atoms. The summed E-state index contributed by atoms with van der Waals surface area (Å²) in [6, 6.07) is 18.6. The molecular formula is C33H34F4N4O2S. The molecule has 11 heteroatoms. The van der Waals surface area contributed by atoms with Gasteiger partial charge in [0, 0.05) is 25.4 Å². The molecule has 0 atom stereocenters. The molecule has 4 rings (SSSR count). The van der Waals surface area contributed by atoms with E-state index in [2.05, 4.69) is 0 Å². The van der Waals surface area contributed by atoms with Crippen LogP contribution in [0.2, 0.25) is 0 Å². The van der Waals surface area contributed by atoms with Crippen molar-refractivity contribution in [2.75, 3.05) is 26.7 Å². The molecule has 232 valence electrons. The van der Waals surface area contributed by atoms with Gasteiger partial charge >= 0.3 is 6.18 Å². The molecule has 3 aromatic carbocycles. The van der Waals surface area contributed by atoms with Crippen LogP contribution in [0.5, 0.6) is 0 Å². The van der Waals surface area contributed by atoms with E-state index in [9.17, 15) is 22.4 Å². The molecule has 0 radical (unpaired) electrons. The van der Waals surface area contributed by atoms with Crippen molar-refractivity contribution in [2.45, 2.75) is 31.8 Å². The van der Waals surface area contributed by atoms with Crippen LogP contribution in [0.25, 0.3) is 11.1 Å². The summed E-state index contributed by atoms with van der Waals surface area (Å²) in [4.78, 5) is 21.8. The highest BCUT2D eigenvalue weighted by atomic mass is 32.2. The minimum Gasteiger partial charge on any atom is -0.493 e. The third-order valence-electron chi connectivity index (χ3n) is 6.82. The zero-order valence-electron chi connectivity index (χ0n) is 24.5. The smallest absolute Gasteiger partial charge is 0.416 e. The molecule has 1 aliphatic heterocycles. The monoisotopic (exact) mass is 626 g/mol. The van der Waals surface area contributed by atoms with Gasteiger partial charge in [-0.25, -0.2) is 9.38 Å². The van der Waals surface area contributed by atoms with Crippen molar-refractivity contribution >= 4 is 22.8 Å². The Morgan fingerprint density at radius 1 is 1.00 bits per heavy atom. The van der Waals surface area contributed by atoms with Crippen LogP contribution in [0.4, 0.5) is 17.6 Å². The van der Waals surface area contributed by atoms with Crippen molar-refractivity contribution < 1.29 is 27.1 Å². The Balaban J connectivity index is 1.48. The van der Waals surface area contributed by atoms with Crippen molar-refractivity contribution in [2.24, 2.45) is 10.7 Å². The number of nitrogens with zero attached hydrogens (tertiary/aromatic N) is 3. The van der Waals surface area contributed by atoms with Crippen molar-refractivity contribution in [3.63, 3.8) is 0 Å². The van der Waals surface area contributed by atoms with Crippen LogP contribution in [0.3, 0.4) is 0 Å². The zero-order chi connectivity index (χ0) is 31.7. The quantitative estimate of drug-likeness (QED) is 0.228. The average Bonchev–Trinajstić information content (AvgIpc) is 3.01. The van der Waals surface area contributed by atoms with E-state index >= 15 is 0 Å². The van der Waals surface area contributed by atoms with Gasteiger partial charge < -0.3 is 20.3 Å². The third-order valence-corrected chi connectivity index (χ3v) is 7.88.